The summed E-state index contributed by atoms with van der Waals surface area (Å²) in [6, 6.07) is 5.22. The predicted octanol–water partition coefficient (Wildman–Crippen LogP) is 0.767. The van der Waals surface area contributed by atoms with E-state index in [0.29, 0.717) is 18.8 Å². The van der Waals surface area contributed by atoms with Crippen molar-refractivity contribution in [3.8, 4) is 6.07 Å². The van der Waals surface area contributed by atoms with Crippen molar-refractivity contribution in [2.24, 2.45) is 0 Å². The normalized spacial score (nSPS) is 9.75. The number of rotatable bonds is 6. The summed E-state index contributed by atoms with van der Waals surface area (Å²) in [5.74, 6) is 0.904. The van der Waals surface area contributed by atoms with Crippen LogP contribution in [0.3, 0.4) is 0 Å². The summed E-state index contributed by atoms with van der Waals surface area (Å²) in [6.45, 7) is 3.39. The van der Waals surface area contributed by atoms with E-state index in [4.69, 9.17) is 9.68 Å². The van der Waals surface area contributed by atoms with Gasteiger partial charge in [0.15, 0.2) is 0 Å². The Labute approximate surface area is 94.4 Å². The van der Waals surface area contributed by atoms with E-state index in [1.807, 2.05) is 13.0 Å². The number of carbonyl (C=O) groups excluding carboxylic acids is 1. The van der Waals surface area contributed by atoms with Gasteiger partial charge in [0.2, 0.25) is 11.7 Å². The minimum atomic E-state index is -0.0334. The second kappa shape index (κ2) is 6.64. The van der Waals surface area contributed by atoms with E-state index in [0.717, 1.165) is 6.42 Å². The molecule has 0 spiro atoms. The van der Waals surface area contributed by atoms with Crippen molar-refractivity contribution in [1.82, 2.24) is 10.6 Å². The van der Waals surface area contributed by atoms with Gasteiger partial charge in [-0.2, -0.15) is 5.26 Å². The molecule has 2 N–H and O–H groups in total. The second-order valence-corrected chi connectivity index (χ2v) is 3.33. The molecule has 0 aliphatic rings. The first-order valence-corrected chi connectivity index (χ1v) is 5.22. The average Bonchev–Trinajstić information content (AvgIpc) is 2.74. The van der Waals surface area contributed by atoms with Crippen LogP contribution in [0.15, 0.2) is 16.5 Å². The molecule has 1 rings (SSSR count). The smallest absolute Gasteiger partial charge is 0.233 e. The number of amides is 1. The molecule has 1 heterocycles. The lowest BCUT2D eigenvalue weighted by Gasteiger charge is -2.03. The number of nitriles is 1. The number of hydrogen-bond acceptors (Lipinski definition) is 4. The molecular weight excluding hydrogens is 206 g/mol. The fourth-order valence-corrected chi connectivity index (χ4v) is 1.16. The summed E-state index contributed by atoms with van der Waals surface area (Å²) in [4.78, 5) is 11.2. The zero-order valence-corrected chi connectivity index (χ0v) is 9.25. The zero-order valence-electron chi connectivity index (χ0n) is 9.25. The van der Waals surface area contributed by atoms with E-state index in [1.165, 1.54) is 0 Å². The van der Waals surface area contributed by atoms with Crippen LogP contribution in [0.2, 0.25) is 0 Å². The molecule has 86 valence electrons. The molecule has 0 bridgehead atoms. The zero-order chi connectivity index (χ0) is 11.8. The first-order chi connectivity index (χ1) is 7.76. The van der Waals surface area contributed by atoms with E-state index >= 15 is 0 Å². The molecule has 1 aromatic rings. The number of furan rings is 1. The van der Waals surface area contributed by atoms with E-state index < -0.39 is 0 Å². The summed E-state index contributed by atoms with van der Waals surface area (Å²) >= 11 is 0. The van der Waals surface area contributed by atoms with Gasteiger partial charge in [-0.25, -0.2) is 0 Å². The molecule has 1 aromatic heterocycles. The first kappa shape index (κ1) is 12.3. The third-order valence-corrected chi connectivity index (χ3v) is 1.93. The minimum absolute atomic E-state index is 0.0334. The molecule has 1 amide bonds. The number of nitrogens with one attached hydrogen (secondary N) is 2. The Morgan fingerprint density at radius 2 is 2.38 bits per heavy atom. The fourth-order valence-electron chi connectivity index (χ4n) is 1.16. The molecule has 16 heavy (non-hydrogen) atoms. The highest BCUT2D eigenvalue weighted by molar-refractivity contribution is 5.77. The lowest BCUT2D eigenvalue weighted by molar-refractivity contribution is -0.120. The van der Waals surface area contributed by atoms with Crippen LogP contribution >= 0.6 is 0 Å². The van der Waals surface area contributed by atoms with Crippen LogP contribution in [-0.4, -0.2) is 19.0 Å². The molecule has 0 saturated heterocycles. The van der Waals surface area contributed by atoms with Crippen LogP contribution in [0.1, 0.15) is 24.9 Å². The van der Waals surface area contributed by atoms with Crippen LogP contribution < -0.4 is 10.6 Å². The summed E-state index contributed by atoms with van der Waals surface area (Å²) < 4.78 is 5.14. The lowest BCUT2D eigenvalue weighted by Crippen LogP contribution is -2.33. The summed E-state index contributed by atoms with van der Waals surface area (Å²) in [5, 5.41) is 14.2. The molecule has 0 radical (unpaired) electrons. The van der Waals surface area contributed by atoms with Crippen molar-refractivity contribution in [1.29, 1.82) is 5.26 Å². The molecule has 0 fully saturated rings. The van der Waals surface area contributed by atoms with Gasteiger partial charge in [-0.3, -0.25) is 4.79 Å². The maximum absolute atomic E-state index is 11.2. The van der Waals surface area contributed by atoms with Gasteiger partial charge in [0, 0.05) is 6.54 Å². The molecule has 0 atom stereocenters. The standard InChI is InChI=1S/C11H15N3O2/c1-2-5-14-11(15)8-13-7-10-4-3-9(6-12)16-10/h3-4,13H,2,5,7-8H2,1H3,(H,14,15). The molecule has 0 aromatic carbocycles. The van der Waals surface area contributed by atoms with Crippen LogP contribution in [-0.2, 0) is 11.3 Å². The van der Waals surface area contributed by atoms with Gasteiger partial charge in [0.05, 0.1) is 13.1 Å². The van der Waals surface area contributed by atoms with Crippen molar-refractivity contribution < 1.29 is 9.21 Å². The van der Waals surface area contributed by atoms with E-state index in [9.17, 15) is 4.79 Å². The Kier molecular flexibility index (Phi) is 5.09. The van der Waals surface area contributed by atoms with Crippen molar-refractivity contribution in [2.45, 2.75) is 19.9 Å². The largest absolute Gasteiger partial charge is 0.449 e. The van der Waals surface area contributed by atoms with Gasteiger partial charge in [0.1, 0.15) is 11.8 Å². The van der Waals surface area contributed by atoms with Crippen molar-refractivity contribution in [3.63, 3.8) is 0 Å². The lowest BCUT2D eigenvalue weighted by atomic mass is 10.4. The number of hydrogen-bond donors (Lipinski definition) is 2. The quantitative estimate of drug-likeness (QED) is 0.743. The highest BCUT2D eigenvalue weighted by Gasteiger charge is 2.02. The SMILES string of the molecule is CCCNC(=O)CNCc1ccc(C#N)o1. The predicted molar refractivity (Wildman–Crippen MR) is 58.4 cm³/mol. The van der Waals surface area contributed by atoms with Crippen LogP contribution in [0.5, 0.6) is 0 Å². The van der Waals surface area contributed by atoms with Crippen LogP contribution in [0.4, 0.5) is 0 Å². The molecule has 5 heteroatoms. The maximum Gasteiger partial charge on any atom is 0.233 e. The van der Waals surface area contributed by atoms with Crippen molar-refractivity contribution in [2.75, 3.05) is 13.1 Å². The van der Waals surface area contributed by atoms with Crippen LogP contribution in [0, 0.1) is 11.3 Å². The Bertz CT molecular complexity index is 379. The number of nitrogens with zero attached hydrogens (tertiary/aromatic N) is 1. The molecular formula is C11H15N3O2. The summed E-state index contributed by atoms with van der Waals surface area (Å²) in [6.07, 6.45) is 0.926. The van der Waals surface area contributed by atoms with E-state index in [1.54, 1.807) is 12.1 Å². The van der Waals surface area contributed by atoms with Gasteiger partial charge >= 0.3 is 0 Å². The van der Waals surface area contributed by atoms with Gasteiger partial charge in [-0.05, 0) is 18.6 Å². The minimum Gasteiger partial charge on any atom is -0.449 e. The van der Waals surface area contributed by atoms with E-state index in [2.05, 4.69) is 10.6 Å². The molecule has 0 unspecified atom stereocenters. The Hall–Kier alpha value is -1.80. The number of carbonyl (C=O) groups is 1. The maximum atomic E-state index is 11.2. The Balaban J connectivity index is 2.20. The molecule has 0 aliphatic carbocycles. The second-order valence-electron chi connectivity index (χ2n) is 3.33. The van der Waals surface area contributed by atoms with Crippen molar-refractivity contribution in [3.05, 3.63) is 23.7 Å². The summed E-state index contributed by atoms with van der Waals surface area (Å²) in [7, 11) is 0. The Morgan fingerprint density at radius 1 is 1.56 bits per heavy atom. The first-order valence-electron chi connectivity index (χ1n) is 5.22. The topological polar surface area (TPSA) is 78.1 Å². The van der Waals surface area contributed by atoms with Gasteiger partial charge in [-0.15, -0.1) is 0 Å². The fraction of sp³-hybridized carbons (Fsp3) is 0.455. The van der Waals surface area contributed by atoms with E-state index in [-0.39, 0.29) is 18.2 Å². The molecule has 0 aliphatic heterocycles. The highest BCUT2D eigenvalue weighted by Crippen LogP contribution is 2.05. The molecule has 0 saturated carbocycles. The molecule has 5 nitrogen and oxygen atoms in total. The van der Waals surface area contributed by atoms with Gasteiger partial charge in [0.25, 0.3) is 0 Å². The van der Waals surface area contributed by atoms with Gasteiger partial charge in [-0.1, -0.05) is 6.92 Å². The van der Waals surface area contributed by atoms with Crippen molar-refractivity contribution >= 4 is 5.91 Å². The Morgan fingerprint density at radius 3 is 3.00 bits per heavy atom. The average molecular weight is 221 g/mol. The summed E-state index contributed by atoms with van der Waals surface area (Å²) in [5.41, 5.74) is 0. The highest BCUT2D eigenvalue weighted by atomic mass is 16.3. The van der Waals surface area contributed by atoms with Gasteiger partial charge < -0.3 is 15.1 Å². The third kappa shape index (κ3) is 4.15. The monoisotopic (exact) mass is 221 g/mol. The van der Waals surface area contributed by atoms with Crippen LogP contribution in [0.25, 0.3) is 0 Å². The third-order valence-electron chi connectivity index (χ3n) is 1.93.